The van der Waals surface area contributed by atoms with Gasteiger partial charge in [-0.1, -0.05) is 12.8 Å². The topological polar surface area (TPSA) is 102 Å². The van der Waals surface area contributed by atoms with Gasteiger partial charge in [-0.3, -0.25) is 14.2 Å². The molecule has 3 aliphatic rings. The molecule has 1 aromatic heterocycles. The molecule has 7 heteroatoms. The lowest BCUT2D eigenvalue weighted by atomic mass is 9.96. The van der Waals surface area contributed by atoms with Crippen LogP contribution < -0.4 is 21.9 Å². The maximum atomic E-state index is 13.3. The SMILES string of the molecule is CC1(C)NC(=O)c2c(C3CC3)cc(NC3(/C=C\N=C/N)CCCC3)c(=O)n21. The fourth-order valence-corrected chi connectivity index (χ4v) is 4.43. The molecule has 0 bridgehead atoms. The van der Waals surface area contributed by atoms with Crippen LogP contribution in [0.1, 0.15) is 74.3 Å². The van der Waals surface area contributed by atoms with Crippen LogP contribution in [0.15, 0.2) is 28.1 Å². The molecule has 0 atom stereocenters. The fraction of sp³-hybridized carbons (Fsp3) is 0.550. The highest BCUT2D eigenvalue weighted by molar-refractivity contribution is 5.97. The van der Waals surface area contributed by atoms with Crippen molar-refractivity contribution in [2.75, 3.05) is 5.32 Å². The lowest BCUT2D eigenvalue weighted by Gasteiger charge is -2.29. The largest absolute Gasteiger partial charge is 0.390 e. The molecule has 2 saturated carbocycles. The first-order chi connectivity index (χ1) is 12.9. The first kappa shape index (κ1) is 17.8. The molecule has 0 aromatic carbocycles. The molecule has 4 N–H and O–H groups in total. The quantitative estimate of drug-likeness (QED) is 0.548. The lowest BCUT2D eigenvalue weighted by Crippen LogP contribution is -2.44. The number of nitrogens with two attached hydrogens (primary N) is 1. The molecule has 144 valence electrons. The van der Waals surface area contributed by atoms with Crippen molar-refractivity contribution < 1.29 is 4.79 Å². The lowest BCUT2D eigenvalue weighted by molar-refractivity contribution is 0.0934. The molecule has 27 heavy (non-hydrogen) atoms. The molecule has 4 rings (SSSR count). The van der Waals surface area contributed by atoms with E-state index in [9.17, 15) is 9.59 Å². The Kier molecular flexibility index (Phi) is 4.13. The number of hydrogen-bond donors (Lipinski definition) is 3. The minimum Gasteiger partial charge on any atom is -0.390 e. The molecular weight excluding hydrogens is 342 g/mol. The van der Waals surface area contributed by atoms with E-state index in [0.29, 0.717) is 17.3 Å². The predicted octanol–water partition coefficient (Wildman–Crippen LogP) is 2.39. The average Bonchev–Trinajstić information content (AvgIpc) is 3.30. The van der Waals surface area contributed by atoms with Crippen molar-refractivity contribution in [3.63, 3.8) is 0 Å². The Labute approximate surface area is 158 Å². The van der Waals surface area contributed by atoms with Gasteiger partial charge in [-0.25, -0.2) is 4.99 Å². The second kappa shape index (κ2) is 6.25. The van der Waals surface area contributed by atoms with Gasteiger partial charge in [0.25, 0.3) is 11.5 Å². The molecule has 0 spiro atoms. The van der Waals surface area contributed by atoms with E-state index in [0.717, 1.165) is 44.1 Å². The summed E-state index contributed by atoms with van der Waals surface area (Å²) in [5, 5.41) is 6.46. The first-order valence-electron chi connectivity index (χ1n) is 9.69. The van der Waals surface area contributed by atoms with Crippen LogP contribution in [0.3, 0.4) is 0 Å². The van der Waals surface area contributed by atoms with Gasteiger partial charge < -0.3 is 16.4 Å². The number of rotatable bonds is 5. The van der Waals surface area contributed by atoms with Crippen molar-refractivity contribution in [3.8, 4) is 0 Å². The monoisotopic (exact) mass is 369 g/mol. The van der Waals surface area contributed by atoms with Gasteiger partial charge in [-0.05, 0) is 63.2 Å². The zero-order valence-electron chi connectivity index (χ0n) is 15.9. The summed E-state index contributed by atoms with van der Waals surface area (Å²) in [6, 6.07) is 1.91. The summed E-state index contributed by atoms with van der Waals surface area (Å²) in [6.45, 7) is 3.73. The van der Waals surface area contributed by atoms with Gasteiger partial charge in [0.2, 0.25) is 0 Å². The van der Waals surface area contributed by atoms with Crippen LogP contribution in [0.2, 0.25) is 0 Å². The summed E-state index contributed by atoms with van der Waals surface area (Å²) in [6.07, 6.45) is 11.1. The van der Waals surface area contributed by atoms with Crippen molar-refractivity contribution in [1.82, 2.24) is 9.88 Å². The van der Waals surface area contributed by atoms with E-state index < -0.39 is 5.66 Å². The molecule has 1 amide bonds. The Morgan fingerprint density at radius 3 is 2.63 bits per heavy atom. The van der Waals surface area contributed by atoms with Crippen molar-refractivity contribution in [1.29, 1.82) is 0 Å². The number of hydrogen-bond acceptors (Lipinski definition) is 4. The summed E-state index contributed by atoms with van der Waals surface area (Å²) in [5.41, 5.74) is 6.23. The molecule has 1 aromatic rings. The molecule has 0 unspecified atom stereocenters. The number of carbonyl (C=O) groups excluding carboxylic acids is 1. The van der Waals surface area contributed by atoms with E-state index in [1.807, 2.05) is 26.0 Å². The molecule has 1 aliphatic heterocycles. The average molecular weight is 369 g/mol. The van der Waals surface area contributed by atoms with Crippen LogP contribution in [0.5, 0.6) is 0 Å². The maximum absolute atomic E-state index is 13.3. The molecule has 0 radical (unpaired) electrons. The van der Waals surface area contributed by atoms with Gasteiger partial charge in [-0.15, -0.1) is 0 Å². The number of carbonyl (C=O) groups is 1. The van der Waals surface area contributed by atoms with Crippen LogP contribution >= 0.6 is 0 Å². The summed E-state index contributed by atoms with van der Waals surface area (Å²) >= 11 is 0. The number of anilines is 1. The van der Waals surface area contributed by atoms with Crippen molar-refractivity contribution in [2.24, 2.45) is 10.7 Å². The van der Waals surface area contributed by atoms with E-state index >= 15 is 0 Å². The number of aromatic nitrogens is 1. The Morgan fingerprint density at radius 1 is 1.30 bits per heavy atom. The standard InChI is InChI=1S/C20H27N5O2/c1-19(2)24-17(26)16-14(13-5-6-13)11-15(18(27)25(16)19)23-20(7-3-4-8-20)9-10-22-12-21/h9-13,23H,3-8H2,1-2H3,(H2,21,22)(H,24,26)/b10-9-. The smallest absolute Gasteiger partial charge is 0.276 e. The Bertz CT molecular complexity index is 886. The minimum atomic E-state index is -0.729. The number of amides is 1. The highest BCUT2D eigenvalue weighted by Crippen LogP contribution is 2.44. The predicted molar refractivity (Wildman–Crippen MR) is 106 cm³/mol. The van der Waals surface area contributed by atoms with Crippen LogP contribution in [-0.2, 0) is 5.66 Å². The number of pyridine rings is 1. The Hall–Kier alpha value is -2.57. The van der Waals surface area contributed by atoms with E-state index in [1.54, 1.807) is 10.8 Å². The third-order valence-corrected chi connectivity index (χ3v) is 5.89. The van der Waals surface area contributed by atoms with Gasteiger partial charge >= 0.3 is 0 Å². The van der Waals surface area contributed by atoms with E-state index in [4.69, 9.17) is 5.73 Å². The van der Waals surface area contributed by atoms with Gasteiger partial charge in [0.1, 0.15) is 17.0 Å². The highest BCUT2D eigenvalue weighted by Gasteiger charge is 2.42. The number of aliphatic imine (C=N–C) groups is 1. The van der Waals surface area contributed by atoms with E-state index in [1.165, 1.54) is 6.34 Å². The number of nitrogens with zero attached hydrogens (tertiary/aromatic N) is 2. The van der Waals surface area contributed by atoms with Crippen LogP contribution in [0, 0.1) is 0 Å². The van der Waals surface area contributed by atoms with E-state index in [-0.39, 0.29) is 17.0 Å². The van der Waals surface area contributed by atoms with Crippen molar-refractivity contribution in [3.05, 3.63) is 40.0 Å². The molecule has 2 aliphatic carbocycles. The second-order valence-corrected chi connectivity index (χ2v) is 8.39. The normalized spacial score (nSPS) is 23.1. The second-order valence-electron chi connectivity index (χ2n) is 8.39. The summed E-state index contributed by atoms with van der Waals surface area (Å²) in [4.78, 5) is 29.8. The van der Waals surface area contributed by atoms with E-state index in [2.05, 4.69) is 15.6 Å². The third-order valence-electron chi connectivity index (χ3n) is 5.89. The van der Waals surface area contributed by atoms with Crippen LogP contribution in [0.4, 0.5) is 5.69 Å². The third kappa shape index (κ3) is 3.05. The number of nitrogens with one attached hydrogen (secondary N) is 2. The summed E-state index contributed by atoms with van der Waals surface area (Å²) in [7, 11) is 0. The van der Waals surface area contributed by atoms with Gasteiger partial charge in [0, 0.05) is 6.20 Å². The Morgan fingerprint density at radius 2 is 2.00 bits per heavy atom. The van der Waals surface area contributed by atoms with Crippen LogP contribution in [-0.4, -0.2) is 22.4 Å². The molecular formula is C20H27N5O2. The zero-order valence-corrected chi connectivity index (χ0v) is 15.9. The summed E-state index contributed by atoms with van der Waals surface area (Å²) in [5.74, 6) is 0.210. The van der Waals surface area contributed by atoms with Crippen molar-refractivity contribution >= 4 is 17.9 Å². The Balaban J connectivity index is 1.81. The maximum Gasteiger partial charge on any atom is 0.276 e. The molecule has 7 nitrogen and oxygen atoms in total. The van der Waals surface area contributed by atoms with Gasteiger partial charge in [-0.2, -0.15) is 0 Å². The van der Waals surface area contributed by atoms with Gasteiger partial charge in [0.05, 0.1) is 11.9 Å². The van der Waals surface area contributed by atoms with Crippen LogP contribution in [0.25, 0.3) is 0 Å². The molecule has 2 fully saturated rings. The highest BCUT2D eigenvalue weighted by atomic mass is 16.2. The first-order valence-corrected chi connectivity index (χ1v) is 9.69. The minimum absolute atomic E-state index is 0.153. The van der Waals surface area contributed by atoms with Gasteiger partial charge in [0.15, 0.2) is 0 Å². The molecule has 2 heterocycles. The fourth-order valence-electron chi connectivity index (χ4n) is 4.43. The number of fused-ring (bicyclic) bond motifs is 1. The summed E-state index contributed by atoms with van der Waals surface area (Å²) < 4.78 is 1.63. The zero-order chi connectivity index (χ0) is 19.2. The van der Waals surface area contributed by atoms with Crippen molar-refractivity contribution in [2.45, 2.75) is 69.5 Å². The molecule has 0 saturated heterocycles.